The lowest BCUT2D eigenvalue weighted by atomic mass is 10.1. The Morgan fingerprint density at radius 1 is 0.952 bits per heavy atom. The van der Waals surface area contributed by atoms with E-state index in [1.165, 1.54) is 6.92 Å². The molecule has 21 heavy (non-hydrogen) atoms. The van der Waals surface area contributed by atoms with Crippen LogP contribution in [0, 0.1) is 0 Å². The maximum Gasteiger partial charge on any atom is 0.164 e. The van der Waals surface area contributed by atoms with E-state index < -0.39 is 0 Å². The number of anilines is 2. The van der Waals surface area contributed by atoms with Crippen LogP contribution in [-0.4, -0.2) is 18.1 Å². The normalized spacial score (nSPS) is 10.1. The molecule has 0 heterocycles. The molecule has 0 aromatic heterocycles. The molecule has 0 spiro atoms. The fraction of sp³-hybridized carbons (Fsp3) is 0.176. The van der Waals surface area contributed by atoms with Crippen LogP contribution in [0.25, 0.3) is 0 Å². The first kappa shape index (κ1) is 14.8. The summed E-state index contributed by atoms with van der Waals surface area (Å²) in [5, 5.41) is 3.17. The van der Waals surface area contributed by atoms with Gasteiger partial charge in [-0.1, -0.05) is 0 Å². The molecule has 0 aliphatic carbocycles. The van der Waals surface area contributed by atoms with Crippen LogP contribution in [0.3, 0.4) is 0 Å². The van der Waals surface area contributed by atoms with Crippen molar-refractivity contribution in [1.82, 2.24) is 0 Å². The average Bonchev–Trinajstić information content (AvgIpc) is 2.48. The maximum atomic E-state index is 12.0. The Hall–Kier alpha value is -2.62. The minimum absolute atomic E-state index is 0.0417. The van der Waals surface area contributed by atoms with Crippen LogP contribution < -0.4 is 11.1 Å². The van der Waals surface area contributed by atoms with E-state index in [4.69, 9.17) is 5.73 Å². The van der Waals surface area contributed by atoms with Gasteiger partial charge in [0.1, 0.15) is 0 Å². The zero-order valence-corrected chi connectivity index (χ0v) is 11.9. The summed E-state index contributed by atoms with van der Waals surface area (Å²) in [6, 6.07) is 14.1. The first-order chi connectivity index (χ1) is 10.1. The van der Waals surface area contributed by atoms with Crippen molar-refractivity contribution in [3.63, 3.8) is 0 Å². The Morgan fingerprint density at radius 2 is 1.52 bits per heavy atom. The number of ketones is 2. The van der Waals surface area contributed by atoms with Gasteiger partial charge in [0.05, 0.1) is 0 Å². The Labute approximate surface area is 124 Å². The van der Waals surface area contributed by atoms with Gasteiger partial charge in [-0.3, -0.25) is 9.59 Å². The minimum Gasteiger partial charge on any atom is -0.399 e. The van der Waals surface area contributed by atoms with Crippen molar-refractivity contribution in [2.75, 3.05) is 17.6 Å². The molecule has 3 N–H and O–H groups in total. The second kappa shape index (κ2) is 6.70. The number of hydrogen-bond acceptors (Lipinski definition) is 4. The molecule has 0 atom stereocenters. The van der Waals surface area contributed by atoms with Gasteiger partial charge in [-0.2, -0.15) is 0 Å². The molecule has 2 aromatic carbocycles. The van der Waals surface area contributed by atoms with Crippen LogP contribution in [0.5, 0.6) is 0 Å². The fourth-order valence-electron chi connectivity index (χ4n) is 1.96. The van der Waals surface area contributed by atoms with Crippen molar-refractivity contribution in [3.8, 4) is 0 Å². The number of nitrogen functional groups attached to an aromatic ring is 1. The number of Topliss-reactive ketones (excluding diaryl/α,β-unsaturated/α-hetero) is 2. The first-order valence-electron chi connectivity index (χ1n) is 6.80. The van der Waals surface area contributed by atoms with Gasteiger partial charge in [0, 0.05) is 35.5 Å². The SMILES string of the molecule is CC(=O)c1ccc(NCCC(=O)c2ccc(N)cc2)cc1. The summed E-state index contributed by atoms with van der Waals surface area (Å²) in [5.74, 6) is 0.114. The van der Waals surface area contributed by atoms with E-state index in [-0.39, 0.29) is 11.6 Å². The molecule has 2 rings (SSSR count). The number of nitrogens with two attached hydrogens (primary N) is 1. The van der Waals surface area contributed by atoms with Crippen molar-refractivity contribution < 1.29 is 9.59 Å². The van der Waals surface area contributed by atoms with Gasteiger partial charge in [0.15, 0.2) is 11.6 Å². The van der Waals surface area contributed by atoms with Gasteiger partial charge in [-0.05, 0) is 55.5 Å². The molecule has 108 valence electrons. The highest BCUT2D eigenvalue weighted by molar-refractivity contribution is 5.96. The molecule has 0 saturated carbocycles. The molecule has 0 aliphatic rings. The second-order valence-corrected chi connectivity index (χ2v) is 4.86. The third kappa shape index (κ3) is 4.18. The van der Waals surface area contributed by atoms with Gasteiger partial charge in [-0.25, -0.2) is 0 Å². The third-order valence-corrected chi connectivity index (χ3v) is 3.21. The molecule has 4 nitrogen and oxygen atoms in total. The van der Waals surface area contributed by atoms with Crippen LogP contribution in [0.1, 0.15) is 34.1 Å². The van der Waals surface area contributed by atoms with Crippen LogP contribution in [0.2, 0.25) is 0 Å². The zero-order valence-electron chi connectivity index (χ0n) is 11.9. The summed E-state index contributed by atoms with van der Waals surface area (Å²) in [5.41, 5.74) is 8.47. The molecule has 0 aliphatic heterocycles. The van der Waals surface area contributed by atoms with Gasteiger partial charge < -0.3 is 11.1 Å². The Balaban J connectivity index is 1.85. The van der Waals surface area contributed by atoms with Crippen molar-refractivity contribution in [2.24, 2.45) is 0 Å². The average molecular weight is 282 g/mol. The second-order valence-electron chi connectivity index (χ2n) is 4.86. The lowest BCUT2D eigenvalue weighted by Gasteiger charge is -2.07. The lowest BCUT2D eigenvalue weighted by Crippen LogP contribution is -2.09. The zero-order chi connectivity index (χ0) is 15.2. The summed E-state index contributed by atoms with van der Waals surface area (Å²) in [4.78, 5) is 23.1. The predicted octanol–water partition coefficient (Wildman–Crippen LogP) is 3.16. The van der Waals surface area contributed by atoms with Crippen molar-refractivity contribution in [2.45, 2.75) is 13.3 Å². The molecular formula is C17H18N2O2. The number of benzene rings is 2. The van der Waals surface area contributed by atoms with Crippen molar-refractivity contribution in [1.29, 1.82) is 0 Å². The number of rotatable bonds is 6. The summed E-state index contributed by atoms with van der Waals surface area (Å²) < 4.78 is 0. The van der Waals surface area contributed by atoms with Gasteiger partial charge in [0.25, 0.3) is 0 Å². The summed E-state index contributed by atoms with van der Waals surface area (Å²) >= 11 is 0. The molecule has 0 bridgehead atoms. The van der Waals surface area contributed by atoms with E-state index in [0.717, 1.165) is 5.69 Å². The van der Waals surface area contributed by atoms with Crippen LogP contribution in [0.15, 0.2) is 48.5 Å². The highest BCUT2D eigenvalue weighted by Gasteiger charge is 2.05. The van der Waals surface area contributed by atoms with E-state index >= 15 is 0 Å². The molecule has 0 unspecified atom stereocenters. The highest BCUT2D eigenvalue weighted by atomic mass is 16.1. The van der Waals surface area contributed by atoms with Crippen molar-refractivity contribution in [3.05, 3.63) is 59.7 Å². The highest BCUT2D eigenvalue weighted by Crippen LogP contribution is 2.11. The number of carbonyl (C=O) groups is 2. The van der Waals surface area contributed by atoms with Crippen LogP contribution >= 0.6 is 0 Å². The van der Waals surface area contributed by atoms with E-state index in [9.17, 15) is 9.59 Å². The van der Waals surface area contributed by atoms with E-state index in [1.54, 1.807) is 36.4 Å². The first-order valence-corrected chi connectivity index (χ1v) is 6.80. The summed E-state index contributed by atoms with van der Waals surface area (Å²) in [6.45, 7) is 2.08. The molecule has 0 fully saturated rings. The Morgan fingerprint density at radius 3 is 2.10 bits per heavy atom. The standard InChI is InChI=1S/C17H18N2O2/c1-12(20)13-4-8-16(9-5-13)19-11-10-17(21)14-2-6-15(18)7-3-14/h2-9,19H,10-11,18H2,1H3. The topological polar surface area (TPSA) is 72.2 Å². The molecule has 2 aromatic rings. The summed E-state index contributed by atoms with van der Waals surface area (Å²) in [6.07, 6.45) is 0.401. The van der Waals surface area contributed by atoms with Crippen LogP contribution in [-0.2, 0) is 0 Å². The molecular weight excluding hydrogens is 264 g/mol. The number of nitrogens with one attached hydrogen (secondary N) is 1. The summed E-state index contributed by atoms with van der Waals surface area (Å²) in [7, 11) is 0. The van der Waals surface area contributed by atoms with E-state index in [0.29, 0.717) is 29.8 Å². The van der Waals surface area contributed by atoms with E-state index in [2.05, 4.69) is 5.32 Å². The Kier molecular flexibility index (Phi) is 4.72. The molecule has 0 radical (unpaired) electrons. The number of carbonyl (C=O) groups excluding carboxylic acids is 2. The lowest BCUT2D eigenvalue weighted by molar-refractivity contribution is 0.0984. The number of hydrogen-bond donors (Lipinski definition) is 2. The van der Waals surface area contributed by atoms with Gasteiger partial charge in [-0.15, -0.1) is 0 Å². The van der Waals surface area contributed by atoms with E-state index in [1.807, 2.05) is 12.1 Å². The van der Waals surface area contributed by atoms with Crippen molar-refractivity contribution >= 4 is 22.9 Å². The smallest absolute Gasteiger partial charge is 0.164 e. The van der Waals surface area contributed by atoms with Gasteiger partial charge >= 0.3 is 0 Å². The quantitative estimate of drug-likeness (QED) is 0.630. The van der Waals surface area contributed by atoms with Crippen LogP contribution in [0.4, 0.5) is 11.4 Å². The predicted molar refractivity (Wildman–Crippen MR) is 84.7 cm³/mol. The maximum absolute atomic E-state index is 12.0. The largest absolute Gasteiger partial charge is 0.399 e. The minimum atomic E-state index is 0.0417. The molecule has 0 saturated heterocycles. The monoisotopic (exact) mass is 282 g/mol. The molecule has 0 amide bonds. The Bertz CT molecular complexity index is 631. The fourth-order valence-corrected chi connectivity index (χ4v) is 1.96. The molecule has 4 heteroatoms. The van der Waals surface area contributed by atoms with Gasteiger partial charge in [0.2, 0.25) is 0 Å². The third-order valence-electron chi connectivity index (χ3n) is 3.21.